The highest BCUT2D eigenvalue weighted by atomic mass is 32.2. The Balaban J connectivity index is 3.14. The van der Waals surface area contributed by atoms with Crippen LogP contribution in [0.4, 0.5) is 10.5 Å². The lowest BCUT2D eigenvalue weighted by Crippen LogP contribution is -2.23. The Morgan fingerprint density at radius 3 is 2.48 bits per heavy atom. The molecule has 0 atom stereocenters. The second kappa shape index (κ2) is 7.84. The Morgan fingerprint density at radius 1 is 1.19 bits per heavy atom. The van der Waals surface area contributed by atoms with Crippen molar-refractivity contribution in [3.63, 3.8) is 0 Å². The second-order valence-electron chi connectivity index (χ2n) is 3.94. The number of nitrogens with one attached hydrogen (secondary N) is 2. The molecule has 1 aromatic rings. The molecule has 0 aliphatic carbocycles. The molecule has 2 N–H and O–H groups in total. The van der Waals surface area contributed by atoms with Crippen molar-refractivity contribution in [1.29, 1.82) is 0 Å². The van der Waals surface area contributed by atoms with Crippen molar-refractivity contribution >= 4 is 21.8 Å². The average Bonchev–Trinajstić information content (AvgIpc) is 2.41. The number of carbonyl (C=O) groups excluding carboxylic acids is 1. The number of rotatable bonds is 7. The summed E-state index contributed by atoms with van der Waals surface area (Å²) in [6.45, 7) is 6.02. The molecule has 1 amide bonds. The van der Waals surface area contributed by atoms with Crippen LogP contribution in [0.2, 0.25) is 0 Å². The molecule has 0 heterocycles. The summed E-state index contributed by atoms with van der Waals surface area (Å²) in [5, 5.41) is 2.47. The quantitative estimate of drug-likeness (QED) is 0.802. The summed E-state index contributed by atoms with van der Waals surface area (Å²) in [5.74, 6) is 0.376. The Hall–Kier alpha value is -1.80. The topological polar surface area (TPSA) is 93.7 Å². The van der Waals surface area contributed by atoms with Gasteiger partial charge >= 0.3 is 6.09 Å². The molecule has 0 saturated carbocycles. The normalized spacial score (nSPS) is 11.0. The SMILES string of the molecule is CCNS(=O)(=O)c1ccc(OCC)c(NC(=O)OCC)c1. The number of carbonyl (C=O) groups is 1. The highest BCUT2D eigenvalue weighted by Gasteiger charge is 2.17. The molecule has 0 aromatic heterocycles. The highest BCUT2D eigenvalue weighted by molar-refractivity contribution is 7.89. The molecule has 0 bridgehead atoms. The summed E-state index contributed by atoms with van der Waals surface area (Å²) in [4.78, 5) is 11.5. The fourth-order valence-electron chi connectivity index (χ4n) is 1.61. The summed E-state index contributed by atoms with van der Waals surface area (Å²) < 4.78 is 36.5. The molecular weight excluding hydrogens is 296 g/mol. The van der Waals surface area contributed by atoms with Gasteiger partial charge in [-0.15, -0.1) is 0 Å². The number of hydrogen-bond acceptors (Lipinski definition) is 5. The fourth-order valence-corrected chi connectivity index (χ4v) is 2.67. The lowest BCUT2D eigenvalue weighted by molar-refractivity contribution is 0.167. The summed E-state index contributed by atoms with van der Waals surface area (Å²) >= 11 is 0. The predicted molar refractivity (Wildman–Crippen MR) is 79.1 cm³/mol. The van der Waals surface area contributed by atoms with Crippen molar-refractivity contribution in [2.45, 2.75) is 25.7 Å². The van der Waals surface area contributed by atoms with Gasteiger partial charge in [-0.2, -0.15) is 0 Å². The summed E-state index contributed by atoms with van der Waals surface area (Å²) in [6.07, 6.45) is -0.670. The molecule has 21 heavy (non-hydrogen) atoms. The van der Waals surface area contributed by atoms with Gasteiger partial charge in [0.1, 0.15) is 5.75 Å². The molecular formula is C13H20N2O5S. The first-order valence-corrected chi connectivity index (χ1v) is 8.13. The van der Waals surface area contributed by atoms with Gasteiger partial charge in [-0.3, -0.25) is 5.32 Å². The minimum Gasteiger partial charge on any atom is -0.492 e. The first-order chi connectivity index (χ1) is 9.94. The van der Waals surface area contributed by atoms with E-state index in [1.807, 2.05) is 0 Å². The number of sulfonamides is 1. The van der Waals surface area contributed by atoms with Crippen LogP contribution in [0.1, 0.15) is 20.8 Å². The van der Waals surface area contributed by atoms with E-state index < -0.39 is 16.1 Å². The van der Waals surface area contributed by atoms with Gasteiger partial charge < -0.3 is 9.47 Å². The van der Waals surface area contributed by atoms with Crippen molar-refractivity contribution in [1.82, 2.24) is 4.72 Å². The van der Waals surface area contributed by atoms with E-state index in [9.17, 15) is 13.2 Å². The van der Waals surface area contributed by atoms with Crippen LogP contribution < -0.4 is 14.8 Å². The van der Waals surface area contributed by atoms with Gasteiger partial charge in [-0.05, 0) is 32.0 Å². The Kier molecular flexibility index (Phi) is 6.44. The van der Waals surface area contributed by atoms with Crippen LogP contribution in [-0.4, -0.2) is 34.3 Å². The van der Waals surface area contributed by atoms with E-state index in [2.05, 4.69) is 10.0 Å². The van der Waals surface area contributed by atoms with Gasteiger partial charge in [-0.25, -0.2) is 17.9 Å². The van der Waals surface area contributed by atoms with Gasteiger partial charge in [0.25, 0.3) is 0 Å². The molecule has 1 rings (SSSR count). The van der Waals surface area contributed by atoms with Crippen molar-refractivity contribution in [2.24, 2.45) is 0 Å². The van der Waals surface area contributed by atoms with Crippen LogP contribution >= 0.6 is 0 Å². The third-order valence-electron chi connectivity index (χ3n) is 2.41. The lowest BCUT2D eigenvalue weighted by atomic mass is 10.3. The van der Waals surface area contributed by atoms with Crippen molar-refractivity contribution < 1.29 is 22.7 Å². The zero-order valence-corrected chi connectivity index (χ0v) is 13.1. The van der Waals surface area contributed by atoms with Crippen LogP contribution in [0, 0.1) is 0 Å². The second-order valence-corrected chi connectivity index (χ2v) is 5.70. The highest BCUT2D eigenvalue weighted by Crippen LogP contribution is 2.28. The molecule has 118 valence electrons. The van der Waals surface area contributed by atoms with Gasteiger partial charge in [0, 0.05) is 6.54 Å². The standard InChI is InChI=1S/C13H20N2O5S/c1-4-14-21(17,18)10-7-8-12(19-5-2)11(9-10)15-13(16)20-6-3/h7-9,14H,4-6H2,1-3H3,(H,15,16). The van der Waals surface area contributed by atoms with Crippen molar-refractivity contribution in [3.8, 4) is 5.75 Å². The zero-order chi connectivity index (χ0) is 15.9. The molecule has 0 spiro atoms. The maximum Gasteiger partial charge on any atom is 0.411 e. The van der Waals surface area contributed by atoms with E-state index in [1.54, 1.807) is 20.8 Å². The van der Waals surface area contributed by atoms with Crippen LogP contribution in [0.25, 0.3) is 0 Å². The van der Waals surface area contributed by atoms with Gasteiger partial charge in [0.2, 0.25) is 10.0 Å². The molecule has 0 aliphatic rings. The maximum atomic E-state index is 12.0. The minimum absolute atomic E-state index is 0.0413. The molecule has 0 aliphatic heterocycles. The molecule has 1 aromatic carbocycles. The summed E-state index contributed by atoms with van der Waals surface area (Å²) in [7, 11) is -3.61. The van der Waals surface area contributed by atoms with Crippen LogP contribution in [0.3, 0.4) is 0 Å². The monoisotopic (exact) mass is 316 g/mol. The number of ether oxygens (including phenoxy) is 2. The molecule has 0 radical (unpaired) electrons. The third-order valence-corrected chi connectivity index (χ3v) is 3.95. The maximum absolute atomic E-state index is 12.0. The Morgan fingerprint density at radius 2 is 1.90 bits per heavy atom. The Labute approximate surface area is 124 Å². The molecule has 8 heteroatoms. The van der Waals surface area contributed by atoms with E-state index in [-0.39, 0.29) is 23.7 Å². The van der Waals surface area contributed by atoms with Gasteiger partial charge in [0.15, 0.2) is 0 Å². The van der Waals surface area contributed by atoms with E-state index in [0.717, 1.165) is 0 Å². The van der Waals surface area contributed by atoms with Crippen molar-refractivity contribution in [3.05, 3.63) is 18.2 Å². The smallest absolute Gasteiger partial charge is 0.411 e. The van der Waals surface area contributed by atoms with E-state index >= 15 is 0 Å². The first-order valence-electron chi connectivity index (χ1n) is 6.64. The molecule has 7 nitrogen and oxygen atoms in total. The molecule has 0 unspecified atom stereocenters. The third kappa shape index (κ3) is 4.91. The van der Waals surface area contributed by atoms with E-state index in [0.29, 0.717) is 12.4 Å². The van der Waals surface area contributed by atoms with E-state index in [1.165, 1.54) is 18.2 Å². The van der Waals surface area contributed by atoms with Gasteiger partial charge in [0.05, 0.1) is 23.8 Å². The van der Waals surface area contributed by atoms with Crippen LogP contribution in [0.5, 0.6) is 5.75 Å². The summed E-state index contributed by atoms with van der Waals surface area (Å²) in [6, 6.07) is 4.24. The summed E-state index contributed by atoms with van der Waals surface area (Å²) in [5.41, 5.74) is 0.245. The zero-order valence-electron chi connectivity index (χ0n) is 12.3. The fraction of sp³-hybridized carbons (Fsp3) is 0.462. The first kappa shape index (κ1) is 17.3. The molecule has 0 saturated heterocycles. The number of hydrogen-bond donors (Lipinski definition) is 2. The number of benzene rings is 1. The van der Waals surface area contributed by atoms with Crippen LogP contribution in [0.15, 0.2) is 23.1 Å². The Bertz CT molecular complexity index is 586. The number of anilines is 1. The molecule has 0 fully saturated rings. The number of amides is 1. The van der Waals surface area contributed by atoms with Gasteiger partial charge in [-0.1, -0.05) is 6.92 Å². The predicted octanol–water partition coefficient (Wildman–Crippen LogP) is 1.95. The lowest BCUT2D eigenvalue weighted by Gasteiger charge is -2.13. The van der Waals surface area contributed by atoms with E-state index in [4.69, 9.17) is 9.47 Å². The van der Waals surface area contributed by atoms with Crippen LogP contribution in [-0.2, 0) is 14.8 Å². The average molecular weight is 316 g/mol. The van der Waals surface area contributed by atoms with Crippen molar-refractivity contribution in [2.75, 3.05) is 25.1 Å². The minimum atomic E-state index is -3.61. The largest absolute Gasteiger partial charge is 0.492 e.